The molecular weight excluding hydrogens is 231 g/mol. The number of piperidine rings is 1. The van der Waals surface area contributed by atoms with Crippen LogP contribution in [0.25, 0.3) is 0 Å². The van der Waals surface area contributed by atoms with Gasteiger partial charge >= 0.3 is 0 Å². The molecule has 0 aromatic heterocycles. The van der Waals surface area contributed by atoms with E-state index in [1.165, 1.54) is 12.1 Å². The quantitative estimate of drug-likeness (QED) is 0.888. The highest BCUT2D eigenvalue weighted by Crippen LogP contribution is 2.19. The second-order valence-electron chi connectivity index (χ2n) is 4.84. The molecule has 1 unspecified atom stereocenters. The number of rotatable bonds is 3. The second-order valence-corrected chi connectivity index (χ2v) is 4.84. The van der Waals surface area contributed by atoms with Crippen molar-refractivity contribution < 1.29 is 9.50 Å². The fraction of sp³-hybridized carbons (Fsp3) is 0.500. The molecule has 1 aliphatic heterocycles. The first-order chi connectivity index (χ1) is 8.72. The molecule has 4 heteroatoms. The topological polar surface area (TPSA) is 47.3 Å². The first-order valence-corrected chi connectivity index (χ1v) is 6.24. The summed E-state index contributed by atoms with van der Waals surface area (Å²) >= 11 is 0. The van der Waals surface area contributed by atoms with E-state index >= 15 is 0 Å². The maximum absolute atomic E-state index is 13.7. The van der Waals surface area contributed by atoms with E-state index in [4.69, 9.17) is 10.4 Å². The fourth-order valence-corrected chi connectivity index (χ4v) is 2.45. The van der Waals surface area contributed by atoms with Gasteiger partial charge in [0, 0.05) is 25.3 Å². The van der Waals surface area contributed by atoms with Gasteiger partial charge in [0.2, 0.25) is 0 Å². The summed E-state index contributed by atoms with van der Waals surface area (Å²) in [5.74, 6) is 0.0288. The van der Waals surface area contributed by atoms with E-state index in [9.17, 15) is 4.39 Å². The van der Waals surface area contributed by atoms with E-state index in [0.29, 0.717) is 23.6 Å². The van der Waals surface area contributed by atoms with E-state index < -0.39 is 0 Å². The summed E-state index contributed by atoms with van der Waals surface area (Å²) in [6, 6.07) is 6.48. The second kappa shape index (κ2) is 5.94. The molecule has 1 heterocycles. The van der Waals surface area contributed by atoms with Crippen LogP contribution in [0.1, 0.15) is 24.0 Å². The van der Waals surface area contributed by atoms with E-state index in [1.54, 1.807) is 6.07 Å². The zero-order valence-electron chi connectivity index (χ0n) is 10.3. The number of hydrogen-bond acceptors (Lipinski definition) is 3. The number of likely N-dealkylation sites (tertiary alicyclic amines) is 1. The number of benzene rings is 1. The van der Waals surface area contributed by atoms with Crippen LogP contribution in [0.4, 0.5) is 4.39 Å². The van der Waals surface area contributed by atoms with Gasteiger partial charge in [-0.15, -0.1) is 0 Å². The number of hydrogen-bond donors (Lipinski definition) is 1. The molecule has 0 amide bonds. The fourth-order valence-electron chi connectivity index (χ4n) is 2.45. The van der Waals surface area contributed by atoms with E-state index in [1.807, 2.05) is 6.07 Å². The van der Waals surface area contributed by atoms with Crippen molar-refractivity contribution in [3.8, 4) is 6.07 Å². The van der Waals surface area contributed by atoms with Crippen LogP contribution in [0, 0.1) is 23.1 Å². The lowest BCUT2D eigenvalue weighted by atomic mass is 9.98. The largest absolute Gasteiger partial charge is 0.396 e. The van der Waals surface area contributed by atoms with E-state index in [0.717, 1.165) is 25.9 Å². The molecule has 1 saturated heterocycles. The van der Waals surface area contributed by atoms with Crippen LogP contribution in [0.5, 0.6) is 0 Å². The van der Waals surface area contributed by atoms with Gasteiger partial charge in [-0.1, -0.05) is 0 Å². The van der Waals surface area contributed by atoms with Gasteiger partial charge in [0.15, 0.2) is 0 Å². The SMILES string of the molecule is N#Cc1ccc(F)c(CN2CCCC(CO)C2)c1. The van der Waals surface area contributed by atoms with Crippen molar-refractivity contribution in [2.45, 2.75) is 19.4 Å². The van der Waals surface area contributed by atoms with Crippen LogP contribution in [0.3, 0.4) is 0 Å². The third-order valence-corrected chi connectivity index (χ3v) is 3.43. The van der Waals surface area contributed by atoms with Gasteiger partial charge in [-0.2, -0.15) is 5.26 Å². The lowest BCUT2D eigenvalue weighted by molar-refractivity contribution is 0.115. The average molecular weight is 248 g/mol. The van der Waals surface area contributed by atoms with E-state index in [-0.39, 0.29) is 12.4 Å². The summed E-state index contributed by atoms with van der Waals surface area (Å²) in [4.78, 5) is 2.14. The van der Waals surface area contributed by atoms with Crippen molar-refractivity contribution >= 4 is 0 Å². The summed E-state index contributed by atoms with van der Waals surface area (Å²) < 4.78 is 13.7. The number of halogens is 1. The highest BCUT2D eigenvalue weighted by Gasteiger charge is 2.20. The highest BCUT2D eigenvalue weighted by atomic mass is 19.1. The van der Waals surface area contributed by atoms with Crippen molar-refractivity contribution in [1.29, 1.82) is 5.26 Å². The Morgan fingerprint density at radius 3 is 3.06 bits per heavy atom. The van der Waals surface area contributed by atoms with Crippen molar-refractivity contribution in [3.63, 3.8) is 0 Å². The summed E-state index contributed by atoms with van der Waals surface area (Å²) in [7, 11) is 0. The van der Waals surface area contributed by atoms with Crippen LogP contribution in [-0.2, 0) is 6.54 Å². The smallest absolute Gasteiger partial charge is 0.127 e. The molecule has 0 saturated carbocycles. The Balaban J connectivity index is 2.07. The Labute approximate surface area is 106 Å². The summed E-state index contributed by atoms with van der Waals surface area (Å²) in [6.45, 7) is 2.43. The number of aliphatic hydroxyl groups is 1. The standard InChI is InChI=1S/C14H17FN2O/c15-14-4-3-11(7-16)6-13(14)9-17-5-1-2-12(8-17)10-18/h3-4,6,12,18H,1-2,5,8-10H2. The molecule has 1 aromatic rings. The van der Waals surface area contributed by atoms with Crippen LogP contribution in [0.15, 0.2) is 18.2 Å². The summed E-state index contributed by atoms with van der Waals surface area (Å²) in [6.07, 6.45) is 2.07. The van der Waals surface area contributed by atoms with Crippen molar-refractivity contribution in [2.24, 2.45) is 5.92 Å². The Morgan fingerprint density at radius 2 is 2.33 bits per heavy atom. The number of aliphatic hydroxyl groups excluding tert-OH is 1. The predicted molar refractivity (Wildman–Crippen MR) is 66.2 cm³/mol. The van der Waals surface area contributed by atoms with Gasteiger partial charge in [0.25, 0.3) is 0 Å². The molecular formula is C14H17FN2O. The lowest BCUT2D eigenvalue weighted by Crippen LogP contribution is -2.36. The first kappa shape index (κ1) is 13.0. The van der Waals surface area contributed by atoms with Crippen LogP contribution in [-0.4, -0.2) is 29.7 Å². The highest BCUT2D eigenvalue weighted by molar-refractivity contribution is 5.33. The van der Waals surface area contributed by atoms with Crippen molar-refractivity contribution in [1.82, 2.24) is 4.90 Å². The molecule has 0 radical (unpaired) electrons. The lowest BCUT2D eigenvalue weighted by Gasteiger charge is -2.31. The van der Waals surface area contributed by atoms with Crippen LogP contribution >= 0.6 is 0 Å². The summed E-state index contributed by atoms with van der Waals surface area (Å²) in [5.41, 5.74) is 1.05. The molecule has 0 spiro atoms. The molecule has 3 nitrogen and oxygen atoms in total. The molecule has 1 fully saturated rings. The van der Waals surface area contributed by atoms with Crippen LogP contribution < -0.4 is 0 Å². The predicted octanol–water partition coefficient (Wildman–Crippen LogP) is 1.90. The van der Waals surface area contributed by atoms with Gasteiger partial charge in [-0.05, 0) is 43.5 Å². The monoisotopic (exact) mass is 248 g/mol. The Bertz CT molecular complexity index is 456. The minimum absolute atomic E-state index is 0.192. The molecule has 96 valence electrons. The zero-order chi connectivity index (χ0) is 13.0. The molecule has 0 aliphatic carbocycles. The van der Waals surface area contributed by atoms with E-state index in [2.05, 4.69) is 4.90 Å². The van der Waals surface area contributed by atoms with Crippen molar-refractivity contribution in [3.05, 3.63) is 35.1 Å². The molecule has 1 atom stereocenters. The first-order valence-electron chi connectivity index (χ1n) is 6.24. The molecule has 0 bridgehead atoms. The third kappa shape index (κ3) is 3.06. The number of nitriles is 1. The molecule has 2 rings (SSSR count). The Morgan fingerprint density at radius 1 is 1.50 bits per heavy atom. The van der Waals surface area contributed by atoms with Gasteiger partial charge < -0.3 is 5.11 Å². The summed E-state index contributed by atoms with van der Waals surface area (Å²) in [5, 5.41) is 18.0. The molecule has 1 N–H and O–H groups in total. The Hall–Kier alpha value is -1.44. The maximum Gasteiger partial charge on any atom is 0.127 e. The number of nitrogens with zero attached hydrogens (tertiary/aromatic N) is 2. The Kier molecular flexibility index (Phi) is 4.29. The molecule has 1 aromatic carbocycles. The molecule has 18 heavy (non-hydrogen) atoms. The van der Waals surface area contributed by atoms with Gasteiger partial charge in [-0.3, -0.25) is 4.90 Å². The molecule has 1 aliphatic rings. The van der Waals surface area contributed by atoms with Crippen LogP contribution in [0.2, 0.25) is 0 Å². The van der Waals surface area contributed by atoms with Gasteiger partial charge in [0.1, 0.15) is 5.82 Å². The minimum Gasteiger partial charge on any atom is -0.396 e. The van der Waals surface area contributed by atoms with Crippen molar-refractivity contribution in [2.75, 3.05) is 19.7 Å². The van der Waals surface area contributed by atoms with Gasteiger partial charge in [0.05, 0.1) is 11.6 Å². The normalized spacial score (nSPS) is 20.6. The zero-order valence-corrected chi connectivity index (χ0v) is 10.3. The average Bonchev–Trinajstić information content (AvgIpc) is 2.41. The minimum atomic E-state index is -0.264. The van der Waals surface area contributed by atoms with Gasteiger partial charge in [-0.25, -0.2) is 4.39 Å². The third-order valence-electron chi connectivity index (χ3n) is 3.43. The maximum atomic E-state index is 13.7.